The number of anilines is 1. The number of pyridine rings is 1. The van der Waals surface area contributed by atoms with Crippen molar-refractivity contribution in [3.8, 4) is 11.5 Å². The lowest BCUT2D eigenvalue weighted by Crippen LogP contribution is -2.17. The molecule has 2 aromatic rings. The first kappa shape index (κ1) is 14.2. The Bertz CT molecular complexity index is 762. The highest BCUT2D eigenvalue weighted by Crippen LogP contribution is 2.32. The zero-order valence-electron chi connectivity index (χ0n) is 10.7. The molecule has 0 saturated heterocycles. The van der Waals surface area contributed by atoms with Crippen LogP contribution in [0.25, 0.3) is 0 Å². The normalized spacial score (nSPS) is 13.8. The molecule has 8 heteroatoms. The number of hydrogen-bond donors (Lipinski definition) is 1. The Morgan fingerprint density at radius 2 is 1.86 bits per heavy atom. The van der Waals surface area contributed by atoms with E-state index in [2.05, 4.69) is 25.6 Å². The summed E-state index contributed by atoms with van der Waals surface area (Å²) in [6.07, 6.45) is 1.52. The maximum Gasteiger partial charge on any atom is 0.263 e. The highest BCUT2D eigenvalue weighted by Gasteiger charge is 2.19. The quantitative estimate of drug-likeness (QED) is 0.897. The molecule has 1 aliphatic rings. The molecule has 1 aromatic heterocycles. The molecule has 0 bridgehead atoms. The second-order valence-corrected chi connectivity index (χ2v) is 6.87. The smallest absolute Gasteiger partial charge is 0.263 e. The van der Waals surface area contributed by atoms with Gasteiger partial charge in [-0.05, 0) is 40.2 Å². The molecular formula is C13H11BrN2O4S. The Hall–Kier alpha value is -1.80. The van der Waals surface area contributed by atoms with Gasteiger partial charge in [0.05, 0.1) is 4.90 Å². The van der Waals surface area contributed by atoms with Crippen LogP contribution in [0, 0.1) is 0 Å². The minimum Gasteiger partial charge on any atom is -0.486 e. The van der Waals surface area contributed by atoms with Gasteiger partial charge in [-0.1, -0.05) is 0 Å². The Morgan fingerprint density at radius 3 is 2.57 bits per heavy atom. The number of rotatable bonds is 3. The van der Waals surface area contributed by atoms with E-state index < -0.39 is 10.0 Å². The largest absolute Gasteiger partial charge is 0.486 e. The topological polar surface area (TPSA) is 77.5 Å². The van der Waals surface area contributed by atoms with Crippen LogP contribution >= 0.6 is 15.9 Å². The van der Waals surface area contributed by atoms with E-state index in [1.807, 2.05) is 0 Å². The van der Waals surface area contributed by atoms with Gasteiger partial charge in [-0.25, -0.2) is 13.4 Å². The van der Waals surface area contributed by atoms with Gasteiger partial charge in [-0.2, -0.15) is 0 Å². The van der Waals surface area contributed by atoms with E-state index in [-0.39, 0.29) is 10.7 Å². The number of nitrogens with zero attached hydrogens (tertiary/aromatic N) is 1. The van der Waals surface area contributed by atoms with Crippen molar-refractivity contribution in [1.29, 1.82) is 0 Å². The van der Waals surface area contributed by atoms with E-state index in [0.717, 1.165) is 4.47 Å². The van der Waals surface area contributed by atoms with Crippen LogP contribution in [-0.2, 0) is 10.0 Å². The van der Waals surface area contributed by atoms with Crippen LogP contribution in [0.5, 0.6) is 11.5 Å². The molecule has 0 amide bonds. The average molecular weight is 371 g/mol. The molecule has 6 nitrogen and oxygen atoms in total. The van der Waals surface area contributed by atoms with Gasteiger partial charge in [0, 0.05) is 16.7 Å². The van der Waals surface area contributed by atoms with Crippen LogP contribution in [-0.4, -0.2) is 26.6 Å². The molecule has 0 aliphatic carbocycles. The predicted octanol–water partition coefficient (Wildman–Crippen LogP) is 2.42. The number of fused-ring (bicyclic) bond motifs is 1. The molecule has 1 N–H and O–H groups in total. The van der Waals surface area contributed by atoms with Gasteiger partial charge in [0.15, 0.2) is 11.5 Å². The number of nitrogens with one attached hydrogen (secondary N) is 1. The highest BCUT2D eigenvalue weighted by molar-refractivity contribution is 9.10. The van der Waals surface area contributed by atoms with Crippen LogP contribution in [0.4, 0.5) is 5.82 Å². The third-order valence-corrected chi connectivity index (χ3v) is 4.61. The van der Waals surface area contributed by atoms with E-state index >= 15 is 0 Å². The molecule has 3 rings (SSSR count). The predicted molar refractivity (Wildman–Crippen MR) is 80.2 cm³/mol. The first-order valence-corrected chi connectivity index (χ1v) is 8.36. The van der Waals surface area contributed by atoms with Crippen LogP contribution < -0.4 is 14.2 Å². The van der Waals surface area contributed by atoms with Gasteiger partial charge in [-0.15, -0.1) is 0 Å². The number of hydrogen-bond acceptors (Lipinski definition) is 5. The lowest BCUT2D eigenvalue weighted by Gasteiger charge is -2.18. The Morgan fingerprint density at radius 1 is 1.10 bits per heavy atom. The van der Waals surface area contributed by atoms with Crippen LogP contribution in [0.15, 0.2) is 45.9 Å². The molecule has 0 spiro atoms. The first-order valence-electron chi connectivity index (χ1n) is 6.09. The van der Waals surface area contributed by atoms with Crippen molar-refractivity contribution >= 4 is 31.8 Å². The van der Waals surface area contributed by atoms with Crippen LogP contribution in [0.1, 0.15) is 0 Å². The summed E-state index contributed by atoms with van der Waals surface area (Å²) in [5, 5.41) is 0. The third kappa shape index (κ3) is 3.11. The van der Waals surface area contributed by atoms with Crippen molar-refractivity contribution < 1.29 is 17.9 Å². The molecule has 0 unspecified atom stereocenters. The van der Waals surface area contributed by atoms with Gasteiger partial charge in [0.2, 0.25) is 0 Å². The lowest BCUT2D eigenvalue weighted by molar-refractivity contribution is 0.171. The van der Waals surface area contributed by atoms with E-state index in [9.17, 15) is 8.42 Å². The van der Waals surface area contributed by atoms with Crippen molar-refractivity contribution in [2.24, 2.45) is 0 Å². The first-order chi connectivity index (χ1) is 10.0. The monoisotopic (exact) mass is 370 g/mol. The van der Waals surface area contributed by atoms with Gasteiger partial charge in [-0.3, -0.25) is 4.72 Å². The zero-order valence-corrected chi connectivity index (χ0v) is 13.1. The molecule has 1 aliphatic heterocycles. The van der Waals surface area contributed by atoms with E-state index in [0.29, 0.717) is 24.7 Å². The second kappa shape index (κ2) is 5.53. The summed E-state index contributed by atoms with van der Waals surface area (Å²) >= 11 is 3.24. The summed E-state index contributed by atoms with van der Waals surface area (Å²) in [7, 11) is -3.72. The molecular weight excluding hydrogens is 360 g/mol. The Labute approximate surface area is 130 Å². The number of halogens is 1. The highest BCUT2D eigenvalue weighted by atomic mass is 79.9. The van der Waals surface area contributed by atoms with E-state index in [4.69, 9.17) is 9.47 Å². The van der Waals surface area contributed by atoms with Crippen LogP contribution in [0.2, 0.25) is 0 Å². The van der Waals surface area contributed by atoms with Crippen molar-refractivity contribution in [3.05, 3.63) is 41.0 Å². The van der Waals surface area contributed by atoms with Gasteiger partial charge < -0.3 is 9.47 Å². The molecule has 0 fully saturated rings. The molecule has 0 atom stereocenters. The molecule has 1 aromatic carbocycles. The maximum atomic E-state index is 12.3. The summed E-state index contributed by atoms with van der Waals surface area (Å²) in [5.74, 6) is 1.21. The average Bonchev–Trinajstić information content (AvgIpc) is 2.49. The summed E-state index contributed by atoms with van der Waals surface area (Å²) in [6.45, 7) is 0.859. The van der Waals surface area contributed by atoms with E-state index in [1.54, 1.807) is 18.2 Å². The molecule has 2 heterocycles. The van der Waals surface area contributed by atoms with Crippen molar-refractivity contribution in [1.82, 2.24) is 4.98 Å². The Balaban J connectivity index is 1.89. The maximum absolute atomic E-state index is 12.3. The Kier molecular flexibility index (Phi) is 3.73. The lowest BCUT2D eigenvalue weighted by atomic mass is 10.3. The second-order valence-electron chi connectivity index (χ2n) is 4.27. The zero-order chi connectivity index (χ0) is 14.9. The minimum atomic E-state index is -3.72. The van der Waals surface area contributed by atoms with Gasteiger partial charge >= 0.3 is 0 Å². The van der Waals surface area contributed by atoms with Gasteiger partial charge in [0.1, 0.15) is 19.0 Å². The summed E-state index contributed by atoms with van der Waals surface area (Å²) < 4.78 is 38.6. The molecule has 0 saturated carbocycles. The summed E-state index contributed by atoms with van der Waals surface area (Å²) in [4.78, 5) is 4.08. The minimum absolute atomic E-state index is 0.0940. The summed E-state index contributed by atoms with van der Waals surface area (Å²) in [6, 6.07) is 7.76. The van der Waals surface area contributed by atoms with Crippen molar-refractivity contribution in [2.75, 3.05) is 17.9 Å². The third-order valence-electron chi connectivity index (χ3n) is 2.79. The fourth-order valence-electron chi connectivity index (χ4n) is 1.82. The number of aromatic nitrogens is 1. The van der Waals surface area contributed by atoms with Crippen LogP contribution in [0.3, 0.4) is 0 Å². The number of ether oxygens (including phenoxy) is 2. The van der Waals surface area contributed by atoms with E-state index in [1.165, 1.54) is 18.3 Å². The number of sulfonamides is 1. The molecule has 0 radical (unpaired) electrons. The SMILES string of the molecule is O=S(=O)(Nc1ccc(Br)cn1)c1ccc2c(c1)OCCO2. The molecule has 110 valence electrons. The van der Waals surface area contributed by atoms with Crippen molar-refractivity contribution in [2.45, 2.75) is 4.90 Å². The number of benzene rings is 1. The van der Waals surface area contributed by atoms with Crippen molar-refractivity contribution in [3.63, 3.8) is 0 Å². The summed E-state index contributed by atoms with van der Waals surface area (Å²) in [5.41, 5.74) is 0. The standard InChI is InChI=1S/C13H11BrN2O4S/c14-9-1-4-13(15-8-9)16-21(17,18)10-2-3-11-12(7-10)20-6-5-19-11/h1-4,7-8H,5-6H2,(H,15,16). The van der Waals surface area contributed by atoms with Gasteiger partial charge in [0.25, 0.3) is 10.0 Å². The molecule has 21 heavy (non-hydrogen) atoms. The fraction of sp³-hybridized carbons (Fsp3) is 0.154. The fourth-order valence-corrected chi connectivity index (χ4v) is 3.08.